The van der Waals surface area contributed by atoms with Crippen molar-refractivity contribution in [3.05, 3.63) is 0 Å². The second-order valence-corrected chi connectivity index (χ2v) is 7.17. The molecule has 0 aromatic carbocycles. The molecule has 1 amide bonds. The van der Waals surface area contributed by atoms with E-state index in [4.69, 9.17) is 9.47 Å². The van der Waals surface area contributed by atoms with Crippen molar-refractivity contribution in [3.8, 4) is 0 Å². The van der Waals surface area contributed by atoms with Gasteiger partial charge in [-0.15, -0.1) is 0 Å². The second-order valence-electron chi connectivity index (χ2n) is 7.17. The van der Waals surface area contributed by atoms with Gasteiger partial charge in [0, 0.05) is 0 Å². The number of esters is 1. The van der Waals surface area contributed by atoms with Crippen molar-refractivity contribution in [1.82, 2.24) is 5.32 Å². The van der Waals surface area contributed by atoms with Crippen molar-refractivity contribution < 1.29 is 19.1 Å². The third-order valence-corrected chi connectivity index (χ3v) is 4.40. The number of carbonyl (C=O) groups excluding carboxylic acids is 2. The number of hydrogen-bond acceptors (Lipinski definition) is 4. The standard InChI is InChI=1S/C15H25NO4/c1-14(2,3)20-13(18)16-11(12(17)19-4)10-8-15(9-10)6-5-7-15/h10-11H,5-9H2,1-4H3,(H,16,18). The Balaban J connectivity index is 1.91. The summed E-state index contributed by atoms with van der Waals surface area (Å²) in [4.78, 5) is 23.7. The molecule has 1 atom stereocenters. The van der Waals surface area contributed by atoms with Gasteiger partial charge in [-0.1, -0.05) is 6.42 Å². The fourth-order valence-electron chi connectivity index (χ4n) is 3.30. The number of methoxy groups -OCH3 is 1. The van der Waals surface area contributed by atoms with Crippen LogP contribution in [0.5, 0.6) is 0 Å². The van der Waals surface area contributed by atoms with E-state index in [-0.39, 0.29) is 11.9 Å². The Kier molecular flexibility index (Phi) is 3.98. The maximum absolute atomic E-state index is 11.9. The quantitative estimate of drug-likeness (QED) is 0.809. The molecule has 0 aromatic heterocycles. The number of carbonyl (C=O) groups is 2. The molecule has 0 heterocycles. The first kappa shape index (κ1) is 15.1. The molecule has 2 aliphatic carbocycles. The van der Waals surface area contributed by atoms with Gasteiger partial charge in [0.05, 0.1) is 7.11 Å². The minimum absolute atomic E-state index is 0.176. The summed E-state index contributed by atoms with van der Waals surface area (Å²) in [5.41, 5.74) is -0.119. The van der Waals surface area contributed by atoms with Crippen molar-refractivity contribution in [2.75, 3.05) is 7.11 Å². The third-order valence-electron chi connectivity index (χ3n) is 4.40. The molecule has 0 aliphatic heterocycles. The average Bonchev–Trinajstić information content (AvgIpc) is 2.20. The molecule has 2 rings (SSSR count). The number of rotatable bonds is 3. The Labute approximate surface area is 120 Å². The van der Waals surface area contributed by atoms with Gasteiger partial charge in [0.15, 0.2) is 0 Å². The largest absolute Gasteiger partial charge is 0.467 e. The summed E-state index contributed by atoms with van der Waals surface area (Å²) in [7, 11) is 1.35. The zero-order valence-electron chi connectivity index (χ0n) is 12.8. The maximum atomic E-state index is 11.9. The molecule has 1 unspecified atom stereocenters. The highest BCUT2D eigenvalue weighted by Crippen LogP contribution is 2.59. The monoisotopic (exact) mass is 283 g/mol. The predicted octanol–water partition coefficient (Wildman–Crippen LogP) is 2.63. The average molecular weight is 283 g/mol. The van der Waals surface area contributed by atoms with Crippen LogP contribution in [-0.4, -0.2) is 30.8 Å². The fraction of sp³-hybridized carbons (Fsp3) is 0.867. The van der Waals surface area contributed by atoms with E-state index in [1.807, 2.05) is 0 Å². The molecule has 2 aliphatic rings. The molecule has 2 saturated carbocycles. The van der Waals surface area contributed by atoms with Gasteiger partial charge in [-0.05, 0) is 57.8 Å². The smallest absolute Gasteiger partial charge is 0.408 e. The highest BCUT2D eigenvalue weighted by atomic mass is 16.6. The Morgan fingerprint density at radius 2 is 1.85 bits per heavy atom. The van der Waals surface area contributed by atoms with Crippen LogP contribution in [0.25, 0.3) is 0 Å². The lowest BCUT2D eigenvalue weighted by Gasteiger charge is -2.55. The zero-order valence-corrected chi connectivity index (χ0v) is 12.8. The van der Waals surface area contributed by atoms with E-state index in [9.17, 15) is 9.59 Å². The molecule has 0 aromatic rings. The predicted molar refractivity (Wildman–Crippen MR) is 74.2 cm³/mol. The fourth-order valence-corrected chi connectivity index (χ4v) is 3.30. The summed E-state index contributed by atoms with van der Waals surface area (Å²) in [6.07, 6.45) is 5.25. The van der Waals surface area contributed by atoms with Gasteiger partial charge < -0.3 is 14.8 Å². The lowest BCUT2D eigenvalue weighted by atomic mass is 9.50. The van der Waals surface area contributed by atoms with E-state index >= 15 is 0 Å². The number of amides is 1. The van der Waals surface area contributed by atoms with Crippen molar-refractivity contribution in [1.29, 1.82) is 0 Å². The number of nitrogens with one attached hydrogen (secondary N) is 1. The number of alkyl carbamates (subject to hydrolysis) is 1. The van der Waals surface area contributed by atoms with Crippen molar-refractivity contribution in [2.24, 2.45) is 11.3 Å². The molecule has 114 valence electrons. The van der Waals surface area contributed by atoms with Gasteiger partial charge in [-0.3, -0.25) is 0 Å². The summed E-state index contributed by atoms with van der Waals surface area (Å²) in [5.74, 6) is -0.203. The van der Waals surface area contributed by atoms with Crippen LogP contribution in [0.3, 0.4) is 0 Å². The highest BCUT2D eigenvalue weighted by Gasteiger charge is 2.52. The molecule has 0 radical (unpaired) electrons. The molecular weight excluding hydrogens is 258 g/mol. The van der Waals surface area contributed by atoms with Gasteiger partial charge in [0.1, 0.15) is 11.6 Å². The minimum Gasteiger partial charge on any atom is -0.467 e. The molecule has 5 nitrogen and oxygen atoms in total. The lowest BCUT2D eigenvalue weighted by molar-refractivity contribution is -0.149. The van der Waals surface area contributed by atoms with E-state index < -0.39 is 17.7 Å². The molecular formula is C15H25NO4. The first-order valence-electron chi connectivity index (χ1n) is 7.32. The van der Waals surface area contributed by atoms with Gasteiger partial charge in [-0.25, -0.2) is 9.59 Å². The van der Waals surface area contributed by atoms with Crippen molar-refractivity contribution >= 4 is 12.1 Å². The topological polar surface area (TPSA) is 64.6 Å². The van der Waals surface area contributed by atoms with Crippen molar-refractivity contribution in [3.63, 3.8) is 0 Å². The van der Waals surface area contributed by atoms with Crippen LogP contribution in [0.2, 0.25) is 0 Å². The van der Waals surface area contributed by atoms with Gasteiger partial charge in [0.2, 0.25) is 0 Å². The second kappa shape index (κ2) is 5.26. The van der Waals surface area contributed by atoms with Crippen molar-refractivity contribution in [2.45, 2.75) is 64.5 Å². The van der Waals surface area contributed by atoms with Gasteiger partial charge in [0.25, 0.3) is 0 Å². The summed E-state index contributed by atoms with van der Waals surface area (Å²) in [6, 6.07) is -0.582. The molecule has 5 heteroatoms. The summed E-state index contributed by atoms with van der Waals surface area (Å²) < 4.78 is 10.0. The van der Waals surface area contributed by atoms with E-state index in [2.05, 4.69) is 5.32 Å². The molecule has 0 saturated heterocycles. The maximum Gasteiger partial charge on any atom is 0.408 e. The molecule has 2 fully saturated rings. The summed E-state index contributed by atoms with van der Waals surface area (Å²) >= 11 is 0. The Morgan fingerprint density at radius 3 is 2.25 bits per heavy atom. The van der Waals surface area contributed by atoms with E-state index in [1.54, 1.807) is 20.8 Å². The van der Waals surface area contributed by atoms with Crippen LogP contribution in [0.15, 0.2) is 0 Å². The lowest BCUT2D eigenvalue weighted by Crippen LogP contribution is -2.56. The molecule has 0 bridgehead atoms. The first-order chi connectivity index (χ1) is 9.25. The van der Waals surface area contributed by atoms with Crippen LogP contribution in [-0.2, 0) is 14.3 Å². The van der Waals surface area contributed by atoms with Crippen LogP contribution in [0.4, 0.5) is 4.79 Å². The SMILES string of the molecule is COC(=O)C(NC(=O)OC(C)(C)C)C1CC2(CCC2)C1. The van der Waals surface area contributed by atoms with Crippen LogP contribution in [0, 0.1) is 11.3 Å². The third kappa shape index (κ3) is 3.25. The number of hydrogen-bond donors (Lipinski definition) is 1. The van der Waals surface area contributed by atoms with E-state index in [0.29, 0.717) is 5.41 Å². The van der Waals surface area contributed by atoms with Crippen LogP contribution >= 0.6 is 0 Å². The summed E-state index contributed by atoms with van der Waals surface area (Å²) in [6.45, 7) is 5.39. The minimum atomic E-state index is -0.582. The number of ether oxygens (including phenoxy) is 2. The Hall–Kier alpha value is -1.26. The molecule has 20 heavy (non-hydrogen) atoms. The highest BCUT2D eigenvalue weighted by molar-refractivity contribution is 5.81. The van der Waals surface area contributed by atoms with Gasteiger partial charge in [-0.2, -0.15) is 0 Å². The first-order valence-corrected chi connectivity index (χ1v) is 7.32. The van der Waals surface area contributed by atoms with Gasteiger partial charge >= 0.3 is 12.1 Å². The van der Waals surface area contributed by atoms with Crippen LogP contribution in [0.1, 0.15) is 52.9 Å². The summed E-state index contributed by atoms with van der Waals surface area (Å²) in [5, 5.41) is 2.68. The zero-order chi connectivity index (χ0) is 15.0. The van der Waals surface area contributed by atoms with E-state index in [0.717, 1.165) is 12.8 Å². The normalized spacial score (nSPS) is 22.4. The molecule has 1 N–H and O–H groups in total. The Bertz CT molecular complexity index is 387. The molecule has 1 spiro atoms. The van der Waals surface area contributed by atoms with E-state index in [1.165, 1.54) is 26.4 Å². The van der Waals surface area contributed by atoms with Crippen LogP contribution < -0.4 is 5.32 Å². The Morgan fingerprint density at radius 1 is 1.25 bits per heavy atom.